The number of anilines is 1. The van der Waals surface area contributed by atoms with Crippen molar-refractivity contribution in [3.8, 4) is 0 Å². The maximum absolute atomic E-state index is 12.7. The fourth-order valence-electron chi connectivity index (χ4n) is 4.84. The average Bonchev–Trinajstić information content (AvgIpc) is 2.83. The highest BCUT2D eigenvalue weighted by Crippen LogP contribution is 2.21. The zero-order valence-corrected chi connectivity index (χ0v) is 20.5. The molecule has 0 spiro atoms. The van der Waals surface area contributed by atoms with Crippen molar-refractivity contribution in [2.24, 2.45) is 14.1 Å². The van der Waals surface area contributed by atoms with Gasteiger partial charge >= 0.3 is 5.69 Å². The minimum atomic E-state index is -0.405. The third-order valence-corrected chi connectivity index (χ3v) is 6.87. The Morgan fingerprint density at radius 2 is 1.68 bits per heavy atom. The van der Waals surface area contributed by atoms with E-state index in [2.05, 4.69) is 27.3 Å². The number of hydrogen-bond acceptors (Lipinski definition) is 5. The summed E-state index contributed by atoms with van der Waals surface area (Å²) in [6.07, 6.45) is 4.60. The van der Waals surface area contributed by atoms with Crippen molar-refractivity contribution in [2.75, 3.05) is 18.4 Å². The molecule has 0 aliphatic carbocycles. The molecule has 0 atom stereocenters. The molecule has 3 aromatic rings. The number of amides is 1. The third-order valence-electron chi connectivity index (χ3n) is 6.87. The smallest absolute Gasteiger partial charge is 0.326 e. The third kappa shape index (κ3) is 4.82. The van der Waals surface area contributed by atoms with E-state index < -0.39 is 5.69 Å². The predicted molar refractivity (Wildman–Crippen MR) is 134 cm³/mol. The van der Waals surface area contributed by atoms with E-state index in [0.717, 1.165) is 46.7 Å². The van der Waals surface area contributed by atoms with Gasteiger partial charge in [0.1, 0.15) is 5.65 Å². The summed E-state index contributed by atoms with van der Waals surface area (Å²) in [7, 11) is 3.08. The first-order chi connectivity index (χ1) is 16.3. The molecule has 3 heterocycles. The molecule has 0 saturated carbocycles. The van der Waals surface area contributed by atoms with Crippen LogP contribution < -0.4 is 16.6 Å². The highest BCUT2D eigenvalue weighted by molar-refractivity contribution is 5.91. The van der Waals surface area contributed by atoms with Gasteiger partial charge in [0.25, 0.3) is 5.56 Å². The standard InChI is InChI=1S/C26H33N5O3/c1-17-21(18(2)27-24-23(17)25(33)30(4)26(34)29(24)3)12-13-22(32)28-20-10-8-19(9-11-20)16-31-14-6-5-7-15-31/h8-11H,5-7,12-16H2,1-4H3,(H,28,32). The van der Waals surface area contributed by atoms with Crippen LogP contribution in [0.4, 0.5) is 5.69 Å². The molecule has 8 heteroatoms. The van der Waals surface area contributed by atoms with Crippen LogP contribution in [0.3, 0.4) is 0 Å². The Morgan fingerprint density at radius 1 is 1.00 bits per heavy atom. The summed E-state index contributed by atoms with van der Waals surface area (Å²) in [5, 5.41) is 3.40. The van der Waals surface area contributed by atoms with E-state index in [-0.39, 0.29) is 17.9 Å². The zero-order valence-electron chi connectivity index (χ0n) is 20.5. The number of piperidine rings is 1. The number of nitrogens with one attached hydrogen (secondary N) is 1. The number of carbonyl (C=O) groups excluding carboxylic acids is 1. The number of hydrogen-bond donors (Lipinski definition) is 1. The van der Waals surface area contributed by atoms with Crippen molar-refractivity contribution in [3.63, 3.8) is 0 Å². The van der Waals surface area contributed by atoms with Crippen LogP contribution >= 0.6 is 0 Å². The van der Waals surface area contributed by atoms with Crippen molar-refractivity contribution in [2.45, 2.75) is 52.5 Å². The monoisotopic (exact) mass is 463 g/mol. The lowest BCUT2D eigenvalue weighted by molar-refractivity contribution is -0.116. The molecule has 4 rings (SSSR count). The molecule has 2 aromatic heterocycles. The van der Waals surface area contributed by atoms with Crippen molar-refractivity contribution >= 4 is 22.6 Å². The van der Waals surface area contributed by atoms with Gasteiger partial charge in [-0.25, -0.2) is 9.78 Å². The van der Waals surface area contributed by atoms with Gasteiger partial charge in [-0.05, 0) is 75.0 Å². The van der Waals surface area contributed by atoms with E-state index in [0.29, 0.717) is 17.5 Å². The number of aryl methyl sites for hydroxylation is 3. The molecule has 1 saturated heterocycles. The van der Waals surface area contributed by atoms with Crippen molar-refractivity contribution in [3.05, 3.63) is 67.5 Å². The summed E-state index contributed by atoms with van der Waals surface area (Å²) >= 11 is 0. The molecule has 1 aliphatic rings. The van der Waals surface area contributed by atoms with Crippen LogP contribution in [0.2, 0.25) is 0 Å². The van der Waals surface area contributed by atoms with Crippen LogP contribution in [0, 0.1) is 13.8 Å². The van der Waals surface area contributed by atoms with Crippen LogP contribution in [0.1, 0.15) is 48.1 Å². The second-order valence-electron chi connectivity index (χ2n) is 9.29. The number of likely N-dealkylation sites (tertiary alicyclic amines) is 1. The van der Waals surface area contributed by atoms with Crippen LogP contribution in [-0.4, -0.2) is 38.0 Å². The molecule has 1 N–H and O–H groups in total. The van der Waals surface area contributed by atoms with Crippen LogP contribution in [0.25, 0.3) is 11.0 Å². The second kappa shape index (κ2) is 9.93. The van der Waals surface area contributed by atoms with E-state index in [1.165, 1.54) is 36.4 Å². The first-order valence-electron chi connectivity index (χ1n) is 11.9. The van der Waals surface area contributed by atoms with Gasteiger partial charge < -0.3 is 5.32 Å². The van der Waals surface area contributed by atoms with E-state index in [1.54, 1.807) is 7.05 Å². The molecule has 8 nitrogen and oxygen atoms in total. The summed E-state index contributed by atoms with van der Waals surface area (Å²) in [4.78, 5) is 44.6. The molecule has 0 bridgehead atoms. The number of rotatable bonds is 6. The molecule has 0 unspecified atom stereocenters. The molecular formula is C26H33N5O3. The van der Waals surface area contributed by atoms with E-state index in [9.17, 15) is 14.4 Å². The minimum absolute atomic E-state index is 0.0870. The summed E-state index contributed by atoms with van der Waals surface area (Å²) < 4.78 is 2.49. The summed E-state index contributed by atoms with van der Waals surface area (Å²) in [6.45, 7) is 6.97. The SMILES string of the molecule is Cc1nc2c(c(C)c1CCC(=O)Nc1ccc(CN3CCCCC3)cc1)c(=O)n(C)c(=O)n2C. The van der Waals surface area contributed by atoms with Gasteiger partial charge in [-0.1, -0.05) is 18.6 Å². The fraction of sp³-hybridized carbons (Fsp3) is 0.462. The molecule has 34 heavy (non-hydrogen) atoms. The van der Waals surface area contributed by atoms with Gasteiger partial charge in [0, 0.05) is 38.4 Å². The Kier molecular flexibility index (Phi) is 6.97. The predicted octanol–water partition coefficient (Wildman–Crippen LogP) is 2.81. The van der Waals surface area contributed by atoms with Crippen molar-refractivity contribution in [1.29, 1.82) is 0 Å². The molecule has 180 valence electrons. The van der Waals surface area contributed by atoms with Gasteiger partial charge in [0.2, 0.25) is 5.91 Å². The van der Waals surface area contributed by atoms with E-state index in [4.69, 9.17) is 0 Å². The highest BCUT2D eigenvalue weighted by atomic mass is 16.2. The van der Waals surface area contributed by atoms with E-state index >= 15 is 0 Å². The Bertz CT molecular complexity index is 1330. The number of benzene rings is 1. The Labute approximate surface area is 199 Å². The highest BCUT2D eigenvalue weighted by Gasteiger charge is 2.18. The van der Waals surface area contributed by atoms with Crippen molar-refractivity contribution in [1.82, 2.24) is 19.0 Å². The number of aromatic nitrogens is 3. The summed E-state index contributed by atoms with van der Waals surface area (Å²) in [5.74, 6) is -0.0870. The maximum Gasteiger partial charge on any atom is 0.332 e. The molecule has 1 fully saturated rings. The maximum atomic E-state index is 12.7. The molecule has 0 radical (unpaired) electrons. The number of fused-ring (bicyclic) bond motifs is 1. The van der Waals surface area contributed by atoms with Gasteiger partial charge in [-0.15, -0.1) is 0 Å². The van der Waals surface area contributed by atoms with Crippen molar-refractivity contribution < 1.29 is 4.79 Å². The lowest BCUT2D eigenvalue weighted by atomic mass is 10.00. The second-order valence-corrected chi connectivity index (χ2v) is 9.29. The van der Waals surface area contributed by atoms with Gasteiger partial charge in [0.05, 0.1) is 5.39 Å². The van der Waals surface area contributed by atoms with Crippen LogP contribution in [0.15, 0.2) is 33.9 Å². The largest absolute Gasteiger partial charge is 0.332 e. The van der Waals surface area contributed by atoms with Gasteiger partial charge in [0.15, 0.2) is 0 Å². The Hall–Kier alpha value is -3.26. The first kappa shape index (κ1) is 23.9. The van der Waals surface area contributed by atoms with Gasteiger partial charge in [-0.3, -0.25) is 23.6 Å². The Morgan fingerprint density at radius 3 is 2.35 bits per heavy atom. The van der Waals surface area contributed by atoms with E-state index in [1.807, 2.05) is 26.0 Å². The lowest BCUT2D eigenvalue weighted by Gasteiger charge is -2.26. The topological polar surface area (TPSA) is 89.2 Å². The number of pyridine rings is 1. The summed E-state index contributed by atoms with van der Waals surface area (Å²) in [6, 6.07) is 8.06. The lowest BCUT2D eigenvalue weighted by Crippen LogP contribution is -2.38. The first-order valence-corrected chi connectivity index (χ1v) is 11.9. The molecule has 1 aromatic carbocycles. The normalized spacial score (nSPS) is 14.5. The molecular weight excluding hydrogens is 430 g/mol. The minimum Gasteiger partial charge on any atom is -0.326 e. The average molecular weight is 464 g/mol. The van der Waals surface area contributed by atoms with Crippen LogP contribution in [0.5, 0.6) is 0 Å². The van der Waals surface area contributed by atoms with Crippen LogP contribution in [-0.2, 0) is 31.9 Å². The molecule has 1 aliphatic heterocycles. The quantitative estimate of drug-likeness (QED) is 0.607. The molecule has 1 amide bonds. The Balaban J connectivity index is 1.44. The summed E-state index contributed by atoms with van der Waals surface area (Å²) in [5.41, 5.74) is 4.01. The number of carbonyl (C=O) groups is 1. The fourth-order valence-corrected chi connectivity index (χ4v) is 4.84. The van der Waals surface area contributed by atoms with Gasteiger partial charge in [-0.2, -0.15) is 0 Å². The number of nitrogens with zero attached hydrogens (tertiary/aromatic N) is 4. The zero-order chi connectivity index (χ0) is 24.4.